The summed E-state index contributed by atoms with van der Waals surface area (Å²) in [5.74, 6) is 0. The van der Waals surface area contributed by atoms with Gasteiger partial charge in [0.2, 0.25) is 0 Å². The van der Waals surface area contributed by atoms with Crippen molar-refractivity contribution in [2.75, 3.05) is 53.4 Å². The van der Waals surface area contributed by atoms with Crippen molar-refractivity contribution < 1.29 is 42.9 Å². The Morgan fingerprint density at radius 2 is 0.328 bits per heavy atom. The Morgan fingerprint density at radius 3 is 0.500 bits per heavy atom. The van der Waals surface area contributed by atoms with Crippen LogP contribution < -0.4 is 34.0 Å². The van der Waals surface area contributed by atoms with E-state index in [2.05, 4.69) is 55.6 Å². The first-order valence-corrected chi connectivity index (χ1v) is 27.0. The summed E-state index contributed by atoms with van der Waals surface area (Å²) in [5.41, 5.74) is 0. The van der Waals surface area contributed by atoms with Crippen molar-refractivity contribution in [3.8, 4) is 0 Å². The van der Waals surface area contributed by atoms with E-state index in [1.807, 2.05) is 0 Å². The van der Waals surface area contributed by atoms with Crippen LogP contribution in [0.5, 0.6) is 0 Å². The highest BCUT2D eigenvalue weighted by molar-refractivity contribution is 4.55. The molecule has 58 heavy (non-hydrogen) atoms. The molecule has 0 fully saturated rings. The lowest BCUT2D eigenvalue weighted by Crippen LogP contribution is -3.00. The highest BCUT2D eigenvalue weighted by Crippen LogP contribution is 2.21. The topological polar surface area (TPSA) is 0 Å². The van der Waals surface area contributed by atoms with Crippen LogP contribution in [0.1, 0.15) is 298 Å². The molecule has 2 nitrogen and oxygen atoms in total. The molecule has 0 radical (unpaired) electrons. The van der Waals surface area contributed by atoms with Gasteiger partial charge in [0.05, 0.1) is 53.4 Å². The van der Waals surface area contributed by atoms with Crippen molar-refractivity contribution in [3.05, 3.63) is 0 Å². The number of unbranched alkanes of at least 4 members (excludes halogenated alkanes) is 34. The first kappa shape index (κ1) is 65.5. The quantitative estimate of drug-likeness (QED) is 0.0421. The molecule has 0 aromatic heterocycles. The SMILES string of the molecule is CCCCCCCCCC[N+](C)(C)CCCCCCCCCC.CCCCCCCC[N+](CCCCCCCC)(CCCCCCCC)CCCCCCCC.[Br-].[Br-]. The normalized spacial score (nSPS) is 11.6. The minimum absolute atomic E-state index is 0. The molecule has 0 aromatic carbocycles. The van der Waals surface area contributed by atoms with Crippen LogP contribution in [0.2, 0.25) is 0 Å². The van der Waals surface area contributed by atoms with Crippen LogP contribution in [0.3, 0.4) is 0 Å². The largest absolute Gasteiger partial charge is 1.00 e. The average molecular weight is 953 g/mol. The van der Waals surface area contributed by atoms with Crippen molar-refractivity contribution in [3.63, 3.8) is 0 Å². The molecule has 0 saturated carbocycles. The second kappa shape index (κ2) is 54.0. The molecular weight excluding hydrogens is 836 g/mol. The van der Waals surface area contributed by atoms with Gasteiger partial charge in [-0.1, -0.05) is 221 Å². The summed E-state index contributed by atoms with van der Waals surface area (Å²) in [4.78, 5) is 0. The van der Waals surface area contributed by atoms with Crippen LogP contribution in [0.25, 0.3) is 0 Å². The van der Waals surface area contributed by atoms with Gasteiger partial charge in [-0.15, -0.1) is 0 Å². The van der Waals surface area contributed by atoms with Crippen LogP contribution in [0, 0.1) is 0 Å². The molecule has 0 unspecified atom stereocenters. The van der Waals surface area contributed by atoms with Crippen molar-refractivity contribution in [1.29, 1.82) is 0 Å². The van der Waals surface area contributed by atoms with Gasteiger partial charge in [-0.3, -0.25) is 0 Å². The van der Waals surface area contributed by atoms with Crippen LogP contribution in [0.15, 0.2) is 0 Å². The van der Waals surface area contributed by atoms with Crippen molar-refractivity contribution in [2.24, 2.45) is 0 Å². The highest BCUT2D eigenvalue weighted by atomic mass is 79.9. The maximum atomic E-state index is 2.43. The van der Waals surface area contributed by atoms with Crippen molar-refractivity contribution >= 4 is 0 Å². The molecule has 0 saturated heterocycles. The van der Waals surface area contributed by atoms with E-state index in [9.17, 15) is 0 Å². The van der Waals surface area contributed by atoms with Gasteiger partial charge in [-0.2, -0.15) is 0 Å². The maximum absolute atomic E-state index is 2.43. The number of nitrogens with zero attached hydrogens (tertiary/aromatic N) is 2. The molecule has 0 bridgehead atoms. The van der Waals surface area contributed by atoms with E-state index < -0.39 is 0 Å². The summed E-state index contributed by atoms with van der Waals surface area (Å²) in [6.07, 6.45) is 57.8. The Labute approximate surface area is 392 Å². The predicted octanol–water partition coefficient (Wildman–Crippen LogP) is 12.6. The summed E-state index contributed by atoms with van der Waals surface area (Å²) in [5, 5.41) is 0. The van der Waals surface area contributed by atoms with Crippen molar-refractivity contribution in [1.82, 2.24) is 0 Å². The molecule has 0 heterocycles. The molecule has 0 rings (SSSR count). The minimum atomic E-state index is 0. The molecule has 0 amide bonds. The zero-order valence-corrected chi connectivity index (χ0v) is 45.3. The van der Waals surface area contributed by atoms with E-state index in [0.717, 1.165) is 0 Å². The maximum Gasteiger partial charge on any atom is 0.0786 e. The van der Waals surface area contributed by atoms with E-state index >= 15 is 0 Å². The summed E-state index contributed by atoms with van der Waals surface area (Å²) in [7, 11) is 4.87. The predicted molar refractivity (Wildman–Crippen MR) is 260 cm³/mol. The third-order valence-electron chi connectivity index (χ3n) is 13.2. The van der Waals surface area contributed by atoms with Gasteiger partial charge >= 0.3 is 0 Å². The summed E-state index contributed by atoms with van der Waals surface area (Å²) < 4.78 is 2.72. The molecule has 0 spiro atoms. The minimum Gasteiger partial charge on any atom is -1.00 e. The number of hydrogen-bond acceptors (Lipinski definition) is 0. The third-order valence-corrected chi connectivity index (χ3v) is 13.2. The van der Waals surface area contributed by atoms with Gasteiger partial charge in [0.25, 0.3) is 0 Å². The number of hydrogen-bond donors (Lipinski definition) is 0. The molecular formula is C54H116Br2N2. The zero-order chi connectivity index (χ0) is 41.5. The van der Waals surface area contributed by atoms with Gasteiger partial charge < -0.3 is 42.9 Å². The first-order chi connectivity index (χ1) is 27.4. The van der Waals surface area contributed by atoms with Gasteiger partial charge in [0.15, 0.2) is 0 Å². The van der Waals surface area contributed by atoms with E-state index in [1.54, 1.807) is 0 Å². The fourth-order valence-corrected chi connectivity index (χ4v) is 9.04. The average Bonchev–Trinajstić information content (AvgIpc) is 3.19. The Kier molecular flexibility index (Phi) is 61.0. The molecule has 0 aliphatic rings. The molecule has 0 aliphatic heterocycles. The number of halogens is 2. The smallest absolute Gasteiger partial charge is 0.0786 e. The fraction of sp³-hybridized carbons (Fsp3) is 1.00. The Morgan fingerprint density at radius 1 is 0.190 bits per heavy atom. The van der Waals surface area contributed by atoms with E-state index in [4.69, 9.17) is 0 Å². The lowest BCUT2D eigenvalue weighted by atomic mass is 10.0. The van der Waals surface area contributed by atoms with E-state index in [-0.39, 0.29) is 34.0 Å². The van der Waals surface area contributed by atoms with Crippen LogP contribution in [-0.2, 0) is 0 Å². The molecule has 4 heteroatoms. The number of quaternary nitrogens is 2. The van der Waals surface area contributed by atoms with Gasteiger partial charge in [-0.05, 0) is 77.0 Å². The standard InChI is InChI=1S/C32H68N.C22H48N.2BrH/c1-5-9-13-17-21-25-29-33(30-26-22-18-14-10-6-2,31-27-23-19-15-11-7-3)32-28-24-20-16-12-8-4;1-5-7-9-11-13-15-17-19-21-23(3,4)22-20-18-16-14-12-10-8-6-2;;/h5-32H2,1-4H3;5-22H2,1-4H3;2*1H/q2*+1;;/p-2. The monoisotopic (exact) mass is 951 g/mol. The molecule has 0 aromatic rings. The third kappa shape index (κ3) is 51.2. The van der Waals surface area contributed by atoms with Crippen LogP contribution in [-0.4, -0.2) is 62.3 Å². The number of rotatable bonds is 46. The van der Waals surface area contributed by atoms with Gasteiger partial charge in [-0.25, -0.2) is 0 Å². The Hall–Kier alpha value is 0.880. The second-order valence-electron chi connectivity index (χ2n) is 19.6. The first-order valence-electron chi connectivity index (χ1n) is 27.0. The van der Waals surface area contributed by atoms with E-state index in [0.29, 0.717) is 0 Å². The Balaban J connectivity index is -0.000000515. The van der Waals surface area contributed by atoms with Crippen molar-refractivity contribution in [2.45, 2.75) is 298 Å². The molecule has 0 atom stereocenters. The summed E-state index contributed by atoms with van der Waals surface area (Å²) in [6.45, 7) is 22.6. The molecule has 0 N–H and O–H groups in total. The second-order valence-corrected chi connectivity index (χ2v) is 19.6. The fourth-order valence-electron chi connectivity index (χ4n) is 9.04. The van der Waals surface area contributed by atoms with Gasteiger partial charge in [0.1, 0.15) is 0 Å². The van der Waals surface area contributed by atoms with Crippen LogP contribution in [0.4, 0.5) is 0 Å². The van der Waals surface area contributed by atoms with Crippen LogP contribution >= 0.6 is 0 Å². The highest BCUT2D eigenvalue weighted by Gasteiger charge is 2.25. The molecule has 0 aliphatic carbocycles. The summed E-state index contributed by atoms with van der Waals surface area (Å²) in [6, 6.07) is 0. The zero-order valence-electron chi connectivity index (χ0n) is 42.2. The Bertz CT molecular complexity index is 607. The van der Waals surface area contributed by atoms with E-state index in [1.165, 1.54) is 305 Å². The lowest BCUT2D eigenvalue weighted by Gasteiger charge is -2.40. The lowest BCUT2D eigenvalue weighted by molar-refractivity contribution is -0.929. The molecule has 356 valence electrons. The van der Waals surface area contributed by atoms with Gasteiger partial charge in [0, 0.05) is 0 Å². The summed E-state index contributed by atoms with van der Waals surface area (Å²) >= 11 is 0.